The maximum atomic E-state index is 11.0. The molecule has 7 heteroatoms. The molecule has 21 heavy (non-hydrogen) atoms. The summed E-state index contributed by atoms with van der Waals surface area (Å²) in [6.45, 7) is 2.08. The van der Waals surface area contributed by atoms with Gasteiger partial charge in [0.05, 0.1) is 6.54 Å². The maximum absolute atomic E-state index is 11.0. The highest BCUT2D eigenvalue weighted by Gasteiger charge is 2.15. The number of benzene rings is 1. The first-order valence-electron chi connectivity index (χ1n) is 6.62. The van der Waals surface area contributed by atoms with Gasteiger partial charge in [0.1, 0.15) is 6.54 Å². The molecule has 0 amide bonds. The lowest BCUT2D eigenvalue weighted by Gasteiger charge is -2.20. The Bertz CT molecular complexity index is 615. The van der Waals surface area contributed by atoms with Crippen LogP contribution in [0.3, 0.4) is 0 Å². The summed E-state index contributed by atoms with van der Waals surface area (Å²) >= 11 is 5.95. The quantitative estimate of drug-likeness (QED) is 0.847. The molecule has 1 aromatic heterocycles. The van der Waals surface area contributed by atoms with E-state index in [-0.39, 0.29) is 13.1 Å². The summed E-state index contributed by atoms with van der Waals surface area (Å²) in [6.07, 6.45) is 1.66. The molecular weight excluding hydrogens is 294 g/mol. The predicted molar refractivity (Wildman–Crippen MR) is 78.4 cm³/mol. The number of halogens is 1. The summed E-state index contributed by atoms with van der Waals surface area (Å²) in [5.41, 5.74) is 0.695. The number of anilines is 1. The second-order valence-electron chi connectivity index (χ2n) is 4.58. The minimum atomic E-state index is -0.941. The molecule has 0 radical (unpaired) electrons. The van der Waals surface area contributed by atoms with Gasteiger partial charge in [0, 0.05) is 17.1 Å². The molecule has 1 aromatic carbocycles. The minimum absolute atomic E-state index is 0.175. The number of hydrogen-bond donors (Lipinski definition) is 1. The van der Waals surface area contributed by atoms with Gasteiger partial charge < -0.3 is 14.5 Å². The van der Waals surface area contributed by atoms with Crippen LogP contribution in [0.5, 0.6) is 0 Å². The molecule has 1 N–H and O–H groups in total. The first-order chi connectivity index (χ1) is 10.1. The number of aryl methyl sites for hydroxylation is 1. The van der Waals surface area contributed by atoms with Crippen LogP contribution in [0.2, 0.25) is 5.02 Å². The van der Waals surface area contributed by atoms with Gasteiger partial charge in [-0.15, -0.1) is 0 Å². The van der Waals surface area contributed by atoms with E-state index >= 15 is 0 Å². The van der Waals surface area contributed by atoms with Crippen molar-refractivity contribution in [3.63, 3.8) is 0 Å². The SMILES string of the molecule is CCCc1noc(CN(CC(=O)O)c2cccc(Cl)c2)n1. The van der Waals surface area contributed by atoms with E-state index in [9.17, 15) is 4.79 Å². The monoisotopic (exact) mass is 309 g/mol. The fourth-order valence-electron chi connectivity index (χ4n) is 1.92. The molecule has 0 aliphatic heterocycles. The minimum Gasteiger partial charge on any atom is -0.480 e. The summed E-state index contributed by atoms with van der Waals surface area (Å²) in [7, 11) is 0. The molecule has 2 rings (SSSR count). The van der Waals surface area contributed by atoms with Crippen molar-refractivity contribution >= 4 is 23.3 Å². The number of nitrogens with zero attached hydrogens (tertiary/aromatic N) is 3. The molecule has 0 unspecified atom stereocenters. The number of aromatic nitrogens is 2. The summed E-state index contributed by atoms with van der Waals surface area (Å²) in [5.74, 6) is 0.0804. The van der Waals surface area contributed by atoms with Crippen LogP contribution >= 0.6 is 11.6 Å². The van der Waals surface area contributed by atoms with Crippen LogP contribution in [0.4, 0.5) is 5.69 Å². The molecule has 0 spiro atoms. The van der Waals surface area contributed by atoms with E-state index < -0.39 is 5.97 Å². The van der Waals surface area contributed by atoms with Crippen molar-refractivity contribution in [1.82, 2.24) is 10.1 Å². The number of carboxylic acid groups (broad SMARTS) is 1. The fraction of sp³-hybridized carbons (Fsp3) is 0.357. The van der Waals surface area contributed by atoms with Crippen LogP contribution in [0.15, 0.2) is 28.8 Å². The highest BCUT2D eigenvalue weighted by molar-refractivity contribution is 6.30. The Labute approximate surface area is 127 Å². The number of hydrogen-bond acceptors (Lipinski definition) is 5. The second-order valence-corrected chi connectivity index (χ2v) is 5.02. The van der Waals surface area contributed by atoms with Crippen LogP contribution in [-0.4, -0.2) is 27.8 Å². The average Bonchev–Trinajstić information content (AvgIpc) is 2.85. The zero-order valence-corrected chi connectivity index (χ0v) is 12.4. The Hall–Kier alpha value is -2.08. The molecular formula is C14H16ClN3O3. The van der Waals surface area contributed by atoms with Crippen LogP contribution in [-0.2, 0) is 17.8 Å². The smallest absolute Gasteiger partial charge is 0.323 e. The van der Waals surface area contributed by atoms with Gasteiger partial charge in [-0.1, -0.05) is 29.7 Å². The Balaban J connectivity index is 2.17. The van der Waals surface area contributed by atoms with Crippen molar-refractivity contribution in [2.75, 3.05) is 11.4 Å². The Morgan fingerprint density at radius 3 is 2.95 bits per heavy atom. The normalized spacial score (nSPS) is 10.6. The fourth-order valence-corrected chi connectivity index (χ4v) is 2.10. The topological polar surface area (TPSA) is 79.5 Å². The Kier molecular flexibility index (Phi) is 5.16. The highest BCUT2D eigenvalue weighted by atomic mass is 35.5. The van der Waals surface area contributed by atoms with E-state index in [1.165, 1.54) is 0 Å². The highest BCUT2D eigenvalue weighted by Crippen LogP contribution is 2.21. The summed E-state index contributed by atoms with van der Waals surface area (Å²) in [4.78, 5) is 16.9. The van der Waals surface area contributed by atoms with Gasteiger partial charge >= 0.3 is 5.97 Å². The molecule has 1 heterocycles. The van der Waals surface area contributed by atoms with Crippen LogP contribution in [0, 0.1) is 0 Å². The molecule has 0 aliphatic carbocycles. The zero-order valence-electron chi connectivity index (χ0n) is 11.6. The first-order valence-corrected chi connectivity index (χ1v) is 7.00. The molecule has 0 aliphatic rings. The Morgan fingerprint density at radius 2 is 2.29 bits per heavy atom. The number of carboxylic acids is 1. The van der Waals surface area contributed by atoms with E-state index in [0.717, 1.165) is 12.8 Å². The molecule has 0 saturated carbocycles. The van der Waals surface area contributed by atoms with Crippen molar-refractivity contribution in [3.05, 3.63) is 41.0 Å². The summed E-state index contributed by atoms with van der Waals surface area (Å²) in [5, 5.41) is 13.4. The third-order valence-corrected chi connectivity index (χ3v) is 3.04. The molecule has 6 nitrogen and oxygen atoms in total. The van der Waals surface area contributed by atoms with E-state index in [0.29, 0.717) is 22.4 Å². The number of carbonyl (C=O) groups is 1. The Morgan fingerprint density at radius 1 is 1.48 bits per heavy atom. The van der Waals surface area contributed by atoms with Gasteiger partial charge in [-0.3, -0.25) is 4.79 Å². The zero-order chi connectivity index (χ0) is 15.2. The van der Waals surface area contributed by atoms with Gasteiger partial charge in [-0.05, 0) is 24.6 Å². The van der Waals surface area contributed by atoms with Crippen molar-refractivity contribution in [3.8, 4) is 0 Å². The number of rotatable bonds is 7. The van der Waals surface area contributed by atoms with Crippen molar-refractivity contribution in [2.45, 2.75) is 26.3 Å². The molecule has 0 saturated heterocycles. The van der Waals surface area contributed by atoms with Crippen LogP contribution in [0.25, 0.3) is 0 Å². The third kappa shape index (κ3) is 4.46. The second kappa shape index (κ2) is 7.08. The standard InChI is InChI=1S/C14H16ClN3O3/c1-2-4-12-16-13(21-17-12)8-18(9-14(19)20)11-6-3-5-10(15)7-11/h3,5-7H,2,4,8-9H2,1H3,(H,19,20). The van der Waals surface area contributed by atoms with Crippen LogP contribution < -0.4 is 4.90 Å². The lowest BCUT2D eigenvalue weighted by molar-refractivity contribution is -0.135. The average molecular weight is 310 g/mol. The van der Waals surface area contributed by atoms with Gasteiger partial charge in [0.15, 0.2) is 5.82 Å². The summed E-state index contributed by atoms with van der Waals surface area (Å²) in [6, 6.07) is 6.99. The maximum Gasteiger partial charge on any atom is 0.323 e. The van der Waals surface area contributed by atoms with E-state index in [1.54, 1.807) is 29.2 Å². The van der Waals surface area contributed by atoms with E-state index in [2.05, 4.69) is 10.1 Å². The largest absolute Gasteiger partial charge is 0.480 e. The van der Waals surface area contributed by atoms with E-state index in [4.69, 9.17) is 21.2 Å². The molecule has 0 fully saturated rings. The van der Waals surface area contributed by atoms with Gasteiger partial charge in [0.2, 0.25) is 5.89 Å². The summed E-state index contributed by atoms with van der Waals surface area (Å²) < 4.78 is 5.15. The van der Waals surface area contributed by atoms with Gasteiger partial charge in [-0.25, -0.2) is 0 Å². The van der Waals surface area contributed by atoms with Crippen molar-refractivity contribution in [2.24, 2.45) is 0 Å². The lowest BCUT2D eigenvalue weighted by atomic mass is 10.3. The van der Waals surface area contributed by atoms with Gasteiger partial charge in [-0.2, -0.15) is 4.98 Å². The molecule has 112 valence electrons. The van der Waals surface area contributed by atoms with Gasteiger partial charge in [0.25, 0.3) is 0 Å². The van der Waals surface area contributed by atoms with Crippen molar-refractivity contribution < 1.29 is 14.4 Å². The molecule has 0 atom stereocenters. The first kappa shape index (κ1) is 15.3. The van der Waals surface area contributed by atoms with Crippen molar-refractivity contribution in [1.29, 1.82) is 0 Å². The molecule has 0 bridgehead atoms. The van der Waals surface area contributed by atoms with E-state index in [1.807, 2.05) is 6.92 Å². The third-order valence-electron chi connectivity index (χ3n) is 2.81. The predicted octanol–water partition coefficient (Wildman–Crippen LogP) is 2.77. The van der Waals surface area contributed by atoms with Crippen LogP contribution in [0.1, 0.15) is 25.1 Å². The number of aliphatic carboxylic acids is 1. The molecule has 2 aromatic rings. The lowest BCUT2D eigenvalue weighted by Crippen LogP contribution is -2.29.